The van der Waals surface area contributed by atoms with Gasteiger partial charge in [-0.05, 0) is 66.2 Å². The second kappa shape index (κ2) is 11.3. The zero-order chi connectivity index (χ0) is 29.1. The standard InChI is InChI=1S/C32H27N5O4S/c1-40-28-16-15-25(42(2,38)39)20-27(28)35-32-33-18-17-26(34-32)31-30(36-29-10-6-7-19-37(29)31)23-11-13-24(14-12-23)41-21-22-8-4-3-5-9-22/h3-20H,21H2,1-2H3,(H,33,34,35). The van der Waals surface area contributed by atoms with Crippen LogP contribution < -0.4 is 14.8 Å². The second-order valence-corrected chi connectivity index (χ2v) is 11.6. The van der Waals surface area contributed by atoms with Crippen molar-refractivity contribution >= 4 is 27.1 Å². The Morgan fingerprint density at radius 3 is 2.43 bits per heavy atom. The second-order valence-electron chi connectivity index (χ2n) is 9.56. The normalized spacial score (nSPS) is 11.4. The molecule has 3 aromatic heterocycles. The highest BCUT2D eigenvalue weighted by Crippen LogP contribution is 2.34. The molecule has 3 aromatic carbocycles. The molecule has 0 spiro atoms. The summed E-state index contributed by atoms with van der Waals surface area (Å²) in [6.45, 7) is 0.481. The first kappa shape index (κ1) is 27.0. The molecule has 6 aromatic rings. The predicted molar refractivity (Wildman–Crippen MR) is 162 cm³/mol. The van der Waals surface area contributed by atoms with Crippen LogP contribution in [0.15, 0.2) is 114 Å². The van der Waals surface area contributed by atoms with Gasteiger partial charge in [0.15, 0.2) is 9.84 Å². The van der Waals surface area contributed by atoms with Crippen molar-refractivity contribution in [3.63, 3.8) is 0 Å². The number of nitrogens with one attached hydrogen (secondary N) is 1. The molecule has 0 fully saturated rings. The van der Waals surface area contributed by atoms with E-state index in [1.165, 1.54) is 19.2 Å². The summed E-state index contributed by atoms with van der Waals surface area (Å²) in [5.74, 6) is 1.49. The molecular weight excluding hydrogens is 550 g/mol. The lowest BCUT2D eigenvalue weighted by atomic mass is 10.1. The summed E-state index contributed by atoms with van der Waals surface area (Å²) in [5, 5.41) is 3.12. The van der Waals surface area contributed by atoms with Crippen molar-refractivity contribution in [2.75, 3.05) is 18.7 Å². The lowest BCUT2D eigenvalue weighted by Gasteiger charge is -2.12. The first-order valence-electron chi connectivity index (χ1n) is 13.1. The highest BCUT2D eigenvalue weighted by atomic mass is 32.2. The summed E-state index contributed by atoms with van der Waals surface area (Å²) in [6, 6.07) is 30.1. The van der Waals surface area contributed by atoms with Gasteiger partial charge in [0, 0.05) is 24.2 Å². The third-order valence-electron chi connectivity index (χ3n) is 6.65. The van der Waals surface area contributed by atoms with Crippen molar-refractivity contribution in [3.8, 4) is 34.1 Å². The summed E-state index contributed by atoms with van der Waals surface area (Å²) < 4.78 is 37.7. The molecule has 3 heterocycles. The first-order valence-corrected chi connectivity index (χ1v) is 15.0. The smallest absolute Gasteiger partial charge is 0.227 e. The van der Waals surface area contributed by atoms with E-state index in [9.17, 15) is 8.42 Å². The molecule has 0 aliphatic heterocycles. The lowest BCUT2D eigenvalue weighted by Crippen LogP contribution is -2.03. The number of sulfone groups is 1. The summed E-state index contributed by atoms with van der Waals surface area (Å²) in [5.41, 5.74) is 5.35. The maximum atomic E-state index is 12.1. The van der Waals surface area contributed by atoms with E-state index in [1.54, 1.807) is 12.3 Å². The highest BCUT2D eigenvalue weighted by Gasteiger charge is 2.19. The van der Waals surface area contributed by atoms with Gasteiger partial charge >= 0.3 is 0 Å². The quantitative estimate of drug-likeness (QED) is 0.217. The fraction of sp³-hybridized carbons (Fsp3) is 0.0938. The molecule has 0 amide bonds. The highest BCUT2D eigenvalue weighted by molar-refractivity contribution is 7.90. The van der Waals surface area contributed by atoms with Crippen molar-refractivity contribution in [1.82, 2.24) is 19.4 Å². The Bertz CT molecular complexity index is 1970. The van der Waals surface area contributed by atoms with Crippen molar-refractivity contribution < 1.29 is 17.9 Å². The Balaban J connectivity index is 1.35. The molecule has 0 atom stereocenters. The number of methoxy groups -OCH3 is 1. The Kier molecular flexibility index (Phi) is 7.28. The van der Waals surface area contributed by atoms with Gasteiger partial charge in [-0.3, -0.25) is 4.40 Å². The number of aromatic nitrogens is 4. The third kappa shape index (κ3) is 5.65. The van der Waals surface area contributed by atoms with E-state index in [-0.39, 0.29) is 10.8 Å². The molecule has 9 nitrogen and oxygen atoms in total. The van der Waals surface area contributed by atoms with Gasteiger partial charge in [0.1, 0.15) is 23.8 Å². The number of anilines is 2. The molecule has 0 bridgehead atoms. The SMILES string of the molecule is COc1ccc(S(C)(=O)=O)cc1Nc1nccc(-c2c(-c3ccc(OCc4ccccc4)cc3)nc3ccccn23)n1. The molecule has 42 heavy (non-hydrogen) atoms. The Morgan fingerprint density at radius 2 is 1.67 bits per heavy atom. The van der Waals surface area contributed by atoms with Crippen LogP contribution in [-0.2, 0) is 16.4 Å². The summed E-state index contributed by atoms with van der Waals surface area (Å²) in [6.07, 6.45) is 4.74. The van der Waals surface area contributed by atoms with E-state index in [0.29, 0.717) is 23.7 Å². The maximum Gasteiger partial charge on any atom is 0.227 e. The molecule has 0 aliphatic carbocycles. The minimum atomic E-state index is -3.42. The van der Waals surface area contributed by atoms with Crippen LogP contribution in [0.2, 0.25) is 0 Å². The fourth-order valence-corrected chi connectivity index (χ4v) is 5.23. The third-order valence-corrected chi connectivity index (χ3v) is 7.76. The van der Waals surface area contributed by atoms with Gasteiger partial charge in [-0.15, -0.1) is 0 Å². The summed E-state index contributed by atoms with van der Waals surface area (Å²) >= 11 is 0. The molecular formula is C32H27N5O4S. The van der Waals surface area contributed by atoms with Crippen LogP contribution in [0.25, 0.3) is 28.3 Å². The summed E-state index contributed by atoms with van der Waals surface area (Å²) in [7, 11) is -1.91. The van der Waals surface area contributed by atoms with Gasteiger partial charge in [0.25, 0.3) is 0 Å². The number of hydrogen-bond donors (Lipinski definition) is 1. The molecule has 10 heteroatoms. The first-order chi connectivity index (χ1) is 20.4. The van der Waals surface area contributed by atoms with E-state index in [2.05, 4.69) is 10.3 Å². The molecule has 0 saturated heterocycles. The number of ether oxygens (including phenoxy) is 2. The zero-order valence-electron chi connectivity index (χ0n) is 22.9. The molecule has 6 rings (SSSR count). The number of imidazole rings is 1. The van der Waals surface area contributed by atoms with E-state index in [0.717, 1.165) is 40.2 Å². The van der Waals surface area contributed by atoms with Crippen LogP contribution in [0.3, 0.4) is 0 Å². The Labute approximate surface area is 243 Å². The van der Waals surface area contributed by atoms with Crippen LogP contribution in [0.5, 0.6) is 11.5 Å². The zero-order valence-corrected chi connectivity index (χ0v) is 23.7. The van der Waals surface area contributed by atoms with Gasteiger partial charge in [-0.1, -0.05) is 36.4 Å². The number of fused-ring (bicyclic) bond motifs is 1. The monoisotopic (exact) mass is 577 g/mol. The Hall–Kier alpha value is -5.22. The number of nitrogens with zero attached hydrogens (tertiary/aromatic N) is 4. The molecule has 0 radical (unpaired) electrons. The van der Waals surface area contributed by atoms with Crippen LogP contribution in [0.1, 0.15) is 5.56 Å². The average molecular weight is 578 g/mol. The Morgan fingerprint density at radius 1 is 0.881 bits per heavy atom. The fourth-order valence-electron chi connectivity index (χ4n) is 4.58. The lowest BCUT2D eigenvalue weighted by molar-refractivity contribution is 0.306. The van der Waals surface area contributed by atoms with Gasteiger partial charge in [0.2, 0.25) is 5.95 Å². The average Bonchev–Trinajstić information content (AvgIpc) is 3.40. The number of benzene rings is 3. The molecule has 0 saturated carbocycles. The van der Waals surface area contributed by atoms with Crippen LogP contribution >= 0.6 is 0 Å². The van der Waals surface area contributed by atoms with Crippen LogP contribution in [0.4, 0.5) is 11.6 Å². The van der Waals surface area contributed by atoms with Gasteiger partial charge in [0.05, 0.1) is 34.8 Å². The van der Waals surface area contributed by atoms with E-state index >= 15 is 0 Å². The summed E-state index contributed by atoms with van der Waals surface area (Å²) in [4.78, 5) is 14.2. The van der Waals surface area contributed by atoms with Gasteiger partial charge in [-0.25, -0.2) is 23.4 Å². The van der Waals surface area contributed by atoms with Crippen molar-refractivity contribution in [1.29, 1.82) is 0 Å². The molecule has 0 unspecified atom stereocenters. The number of pyridine rings is 1. The minimum absolute atomic E-state index is 0.155. The van der Waals surface area contributed by atoms with Crippen LogP contribution in [-0.4, -0.2) is 41.1 Å². The molecule has 210 valence electrons. The molecule has 0 aliphatic rings. The largest absolute Gasteiger partial charge is 0.495 e. The van der Waals surface area contributed by atoms with Crippen LogP contribution in [0, 0.1) is 0 Å². The van der Waals surface area contributed by atoms with E-state index < -0.39 is 9.84 Å². The molecule has 1 N–H and O–H groups in total. The van der Waals surface area contributed by atoms with Crippen molar-refractivity contribution in [3.05, 3.63) is 115 Å². The predicted octanol–water partition coefficient (Wildman–Crippen LogP) is 6.19. The van der Waals surface area contributed by atoms with Crippen molar-refractivity contribution in [2.24, 2.45) is 0 Å². The van der Waals surface area contributed by atoms with Gasteiger partial charge in [-0.2, -0.15) is 0 Å². The van der Waals surface area contributed by atoms with E-state index in [4.69, 9.17) is 19.4 Å². The van der Waals surface area contributed by atoms with E-state index in [1.807, 2.05) is 89.5 Å². The number of hydrogen-bond acceptors (Lipinski definition) is 8. The minimum Gasteiger partial charge on any atom is -0.495 e. The topological polar surface area (TPSA) is 108 Å². The maximum absolute atomic E-state index is 12.1. The van der Waals surface area contributed by atoms with Crippen molar-refractivity contribution in [2.45, 2.75) is 11.5 Å². The number of rotatable bonds is 9. The van der Waals surface area contributed by atoms with Gasteiger partial charge < -0.3 is 14.8 Å².